The minimum absolute atomic E-state index is 0.0229. The Kier molecular flexibility index (Phi) is 6.11. The molecule has 4 rings (SSSR count). The van der Waals surface area contributed by atoms with Crippen LogP contribution in [0.25, 0.3) is 21.7 Å². The molecule has 30 heavy (non-hydrogen) atoms. The van der Waals surface area contributed by atoms with Crippen molar-refractivity contribution in [3.63, 3.8) is 0 Å². The standard InChI is InChI=1S/C23H21N3O3S/c27-14-6-13-26-22(29)18-10-3-4-11-20(18)25-23(26)30-15-21(28)24-19-12-5-8-16-7-1-2-9-17(16)19/h1-5,7-12,27H,6,13-15H2,(H,24,28). The van der Waals surface area contributed by atoms with Gasteiger partial charge in [0.2, 0.25) is 5.91 Å². The van der Waals surface area contributed by atoms with E-state index in [-0.39, 0.29) is 23.8 Å². The van der Waals surface area contributed by atoms with Crippen LogP contribution < -0.4 is 10.9 Å². The lowest BCUT2D eigenvalue weighted by Crippen LogP contribution is -2.24. The molecule has 2 N–H and O–H groups in total. The highest BCUT2D eigenvalue weighted by Crippen LogP contribution is 2.24. The van der Waals surface area contributed by atoms with Gasteiger partial charge in [-0.05, 0) is 30.0 Å². The molecule has 0 radical (unpaired) electrons. The first-order chi connectivity index (χ1) is 14.7. The van der Waals surface area contributed by atoms with Crippen molar-refractivity contribution in [3.05, 3.63) is 77.1 Å². The molecule has 152 valence electrons. The molecule has 4 aromatic rings. The Labute approximate surface area is 177 Å². The second-order valence-corrected chi connectivity index (χ2v) is 7.75. The maximum absolute atomic E-state index is 12.9. The number of nitrogens with zero attached hydrogens (tertiary/aromatic N) is 2. The molecule has 0 saturated carbocycles. The Morgan fingerprint density at radius 3 is 2.57 bits per heavy atom. The zero-order valence-electron chi connectivity index (χ0n) is 16.2. The van der Waals surface area contributed by atoms with Gasteiger partial charge in [-0.1, -0.05) is 60.3 Å². The number of aromatic nitrogens is 2. The Hall–Kier alpha value is -3.16. The molecule has 7 heteroatoms. The summed E-state index contributed by atoms with van der Waals surface area (Å²) < 4.78 is 1.54. The van der Waals surface area contributed by atoms with Gasteiger partial charge in [0, 0.05) is 24.2 Å². The van der Waals surface area contributed by atoms with Crippen LogP contribution in [0.2, 0.25) is 0 Å². The minimum atomic E-state index is -0.174. The zero-order valence-corrected chi connectivity index (χ0v) is 17.1. The maximum atomic E-state index is 12.9. The van der Waals surface area contributed by atoms with Gasteiger partial charge in [-0.2, -0.15) is 0 Å². The summed E-state index contributed by atoms with van der Waals surface area (Å²) in [6, 6.07) is 20.8. The molecule has 0 atom stereocenters. The first kappa shape index (κ1) is 20.1. The molecule has 6 nitrogen and oxygen atoms in total. The summed E-state index contributed by atoms with van der Waals surface area (Å²) in [7, 11) is 0. The van der Waals surface area contributed by atoms with E-state index in [1.165, 1.54) is 16.3 Å². The van der Waals surface area contributed by atoms with E-state index < -0.39 is 0 Å². The summed E-state index contributed by atoms with van der Waals surface area (Å²) in [6.45, 7) is 0.325. The van der Waals surface area contributed by atoms with Crippen LogP contribution in [-0.2, 0) is 11.3 Å². The Balaban J connectivity index is 1.56. The lowest BCUT2D eigenvalue weighted by atomic mass is 10.1. The van der Waals surface area contributed by atoms with Crippen molar-refractivity contribution in [1.29, 1.82) is 0 Å². The number of hydrogen-bond acceptors (Lipinski definition) is 5. The molecule has 0 spiro atoms. The van der Waals surface area contributed by atoms with Crippen LogP contribution in [0.5, 0.6) is 0 Å². The molecule has 3 aromatic carbocycles. The van der Waals surface area contributed by atoms with Crippen molar-refractivity contribution in [1.82, 2.24) is 9.55 Å². The first-order valence-electron chi connectivity index (χ1n) is 9.68. The molecule has 0 saturated heterocycles. The molecule has 0 aliphatic heterocycles. The van der Waals surface area contributed by atoms with E-state index >= 15 is 0 Å². The zero-order chi connectivity index (χ0) is 20.9. The highest BCUT2D eigenvalue weighted by molar-refractivity contribution is 7.99. The monoisotopic (exact) mass is 419 g/mol. The number of thioether (sulfide) groups is 1. The van der Waals surface area contributed by atoms with Crippen molar-refractivity contribution >= 4 is 45.0 Å². The number of carbonyl (C=O) groups excluding carboxylic acids is 1. The molecule has 0 aliphatic carbocycles. The van der Waals surface area contributed by atoms with Crippen LogP contribution in [-0.4, -0.2) is 32.9 Å². The third kappa shape index (κ3) is 4.22. The van der Waals surface area contributed by atoms with Gasteiger partial charge in [0.05, 0.1) is 16.7 Å². The summed E-state index contributed by atoms with van der Waals surface area (Å²) in [5.41, 5.74) is 1.19. The van der Waals surface area contributed by atoms with Crippen molar-refractivity contribution in [2.45, 2.75) is 18.1 Å². The third-order valence-electron chi connectivity index (χ3n) is 4.76. The first-order valence-corrected chi connectivity index (χ1v) is 10.7. The topological polar surface area (TPSA) is 84.2 Å². The fourth-order valence-corrected chi connectivity index (χ4v) is 4.16. The quantitative estimate of drug-likeness (QED) is 0.353. The predicted octanol–water partition coefficient (Wildman–Crippen LogP) is 3.66. The van der Waals surface area contributed by atoms with Crippen LogP contribution in [0.15, 0.2) is 76.7 Å². The van der Waals surface area contributed by atoms with E-state index in [4.69, 9.17) is 0 Å². The van der Waals surface area contributed by atoms with Crippen LogP contribution in [0.4, 0.5) is 5.69 Å². The number of amides is 1. The number of aliphatic hydroxyl groups excluding tert-OH is 1. The SMILES string of the molecule is O=C(CSc1nc2ccccc2c(=O)n1CCCO)Nc1cccc2ccccc12. The highest BCUT2D eigenvalue weighted by Gasteiger charge is 2.13. The van der Waals surface area contributed by atoms with Crippen LogP contribution in [0.1, 0.15) is 6.42 Å². The minimum Gasteiger partial charge on any atom is -0.396 e. The molecule has 1 heterocycles. The molecule has 1 aromatic heterocycles. The van der Waals surface area contributed by atoms with Gasteiger partial charge in [0.15, 0.2) is 5.16 Å². The average Bonchev–Trinajstić information content (AvgIpc) is 2.77. The van der Waals surface area contributed by atoms with Crippen molar-refractivity contribution < 1.29 is 9.90 Å². The van der Waals surface area contributed by atoms with Crippen LogP contribution >= 0.6 is 11.8 Å². The summed E-state index contributed by atoms with van der Waals surface area (Å²) in [5, 5.41) is 15.2. The molecule has 0 aliphatic rings. The van der Waals surface area contributed by atoms with Crippen LogP contribution in [0, 0.1) is 0 Å². The lowest BCUT2D eigenvalue weighted by Gasteiger charge is -2.13. The maximum Gasteiger partial charge on any atom is 0.262 e. The van der Waals surface area contributed by atoms with Crippen molar-refractivity contribution in [3.8, 4) is 0 Å². The smallest absolute Gasteiger partial charge is 0.262 e. The predicted molar refractivity (Wildman–Crippen MR) is 121 cm³/mol. The Morgan fingerprint density at radius 2 is 1.73 bits per heavy atom. The van der Waals surface area contributed by atoms with Gasteiger partial charge in [-0.3, -0.25) is 14.2 Å². The van der Waals surface area contributed by atoms with E-state index in [1.807, 2.05) is 48.5 Å². The molecule has 0 fully saturated rings. The number of carbonyl (C=O) groups is 1. The second kappa shape index (κ2) is 9.11. The number of para-hydroxylation sites is 1. The highest BCUT2D eigenvalue weighted by atomic mass is 32.2. The molecular formula is C23H21N3O3S. The molecular weight excluding hydrogens is 398 g/mol. The fourth-order valence-electron chi connectivity index (χ4n) is 3.33. The van der Waals surface area contributed by atoms with Crippen molar-refractivity contribution in [2.24, 2.45) is 0 Å². The Bertz CT molecular complexity index is 1260. The Morgan fingerprint density at radius 1 is 1.00 bits per heavy atom. The van der Waals surface area contributed by atoms with Gasteiger partial charge in [0.25, 0.3) is 5.56 Å². The largest absolute Gasteiger partial charge is 0.396 e. The van der Waals surface area contributed by atoms with E-state index in [1.54, 1.807) is 18.2 Å². The number of rotatable bonds is 7. The fraction of sp³-hybridized carbons (Fsp3) is 0.174. The van der Waals surface area contributed by atoms with Gasteiger partial charge >= 0.3 is 0 Å². The summed E-state index contributed by atoms with van der Waals surface area (Å²) in [5.74, 6) is -0.0555. The number of hydrogen-bond donors (Lipinski definition) is 2. The normalized spacial score (nSPS) is 11.1. The van der Waals surface area contributed by atoms with Crippen molar-refractivity contribution in [2.75, 3.05) is 17.7 Å². The lowest BCUT2D eigenvalue weighted by molar-refractivity contribution is -0.113. The third-order valence-corrected chi connectivity index (χ3v) is 5.74. The van der Waals surface area contributed by atoms with Gasteiger partial charge in [0.1, 0.15) is 0 Å². The number of anilines is 1. The van der Waals surface area contributed by atoms with E-state index in [0.29, 0.717) is 29.0 Å². The van der Waals surface area contributed by atoms with Gasteiger partial charge in [-0.25, -0.2) is 4.98 Å². The molecule has 0 bridgehead atoms. The van der Waals surface area contributed by atoms with Crippen LogP contribution in [0.3, 0.4) is 0 Å². The van der Waals surface area contributed by atoms with E-state index in [0.717, 1.165) is 16.5 Å². The number of fused-ring (bicyclic) bond motifs is 2. The van der Waals surface area contributed by atoms with E-state index in [9.17, 15) is 14.7 Å². The van der Waals surface area contributed by atoms with Gasteiger partial charge in [-0.15, -0.1) is 0 Å². The number of benzene rings is 3. The second-order valence-electron chi connectivity index (χ2n) is 6.81. The molecule has 0 unspecified atom stereocenters. The van der Waals surface area contributed by atoms with Gasteiger partial charge < -0.3 is 10.4 Å². The summed E-state index contributed by atoms with van der Waals surface area (Å²) in [6.07, 6.45) is 0.440. The summed E-state index contributed by atoms with van der Waals surface area (Å²) in [4.78, 5) is 30.1. The van der Waals surface area contributed by atoms with E-state index in [2.05, 4.69) is 10.3 Å². The average molecular weight is 420 g/mol. The number of aliphatic hydroxyl groups is 1. The summed E-state index contributed by atoms with van der Waals surface area (Å²) >= 11 is 1.22. The number of nitrogens with one attached hydrogen (secondary N) is 1. The molecule has 1 amide bonds.